The molecule has 0 unspecified atom stereocenters. The Morgan fingerprint density at radius 3 is 0.963 bits per heavy atom. The van der Waals surface area contributed by atoms with Crippen LogP contribution in [0.15, 0.2) is 91.0 Å². The van der Waals surface area contributed by atoms with Crippen molar-refractivity contribution in [1.82, 2.24) is 0 Å². The van der Waals surface area contributed by atoms with Crippen molar-refractivity contribution in [2.75, 3.05) is 0 Å². The van der Waals surface area contributed by atoms with Crippen LogP contribution in [0.1, 0.15) is 16.7 Å². The van der Waals surface area contributed by atoms with Crippen LogP contribution < -0.4 is 0 Å². The molecule has 0 heteroatoms. The lowest BCUT2D eigenvalue weighted by molar-refractivity contribution is 1.27. The highest BCUT2D eigenvalue weighted by molar-refractivity contribution is 5.98. The summed E-state index contributed by atoms with van der Waals surface area (Å²) >= 11 is 0. The van der Waals surface area contributed by atoms with E-state index in [2.05, 4.69) is 112 Å². The third-order valence-electron chi connectivity index (χ3n) is 5.56. The van der Waals surface area contributed by atoms with E-state index in [0.717, 1.165) is 0 Å². The first kappa shape index (κ1) is 17.3. The molecule has 0 aromatic heterocycles. The Kier molecular flexibility index (Phi) is 4.64. The Labute approximate surface area is 162 Å². The SMILES string of the molecule is Cc1c(C)c(-c2ccccc2)c(-c2ccccc2)c(-c2ccccc2)c1C. The first-order chi connectivity index (χ1) is 13.2. The van der Waals surface area contributed by atoms with Crippen LogP contribution in [0.5, 0.6) is 0 Å². The summed E-state index contributed by atoms with van der Waals surface area (Å²) in [5.74, 6) is 0. The maximum Gasteiger partial charge on any atom is -0.00213 e. The molecule has 0 nitrogen and oxygen atoms in total. The fourth-order valence-electron chi connectivity index (χ4n) is 3.98. The van der Waals surface area contributed by atoms with Crippen molar-refractivity contribution < 1.29 is 0 Å². The maximum atomic E-state index is 2.26. The minimum atomic E-state index is 1.27. The van der Waals surface area contributed by atoms with E-state index in [4.69, 9.17) is 0 Å². The highest BCUT2D eigenvalue weighted by Gasteiger charge is 2.20. The Balaban J connectivity index is 2.18. The van der Waals surface area contributed by atoms with Crippen molar-refractivity contribution in [3.05, 3.63) is 108 Å². The molecular weight excluding hydrogens is 324 g/mol. The first-order valence-electron chi connectivity index (χ1n) is 9.48. The Morgan fingerprint density at radius 1 is 0.333 bits per heavy atom. The van der Waals surface area contributed by atoms with Gasteiger partial charge in [0.05, 0.1) is 0 Å². The van der Waals surface area contributed by atoms with Gasteiger partial charge in [-0.25, -0.2) is 0 Å². The van der Waals surface area contributed by atoms with E-state index < -0.39 is 0 Å². The monoisotopic (exact) mass is 348 g/mol. The molecule has 0 amide bonds. The summed E-state index contributed by atoms with van der Waals surface area (Å²) in [6.07, 6.45) is 0. The van der Waals surface area contributed by atoms with Crippen LogP contribution in [0.2, 0.25) is 0 Å². The Bertz CT molecular complexity index is 993. The van der Waals surface area contributed by atoms with E-state index in [1.807, 2.05) is 0 Å². The molecule has 0 aliphatic heterocycles. The number of rotatable bonds is 3. The lowest BCUT2D eigenvalue weighted by Gasteiger charge is -2.23. The van der Waals surface area contributed by atoms with E-state index in [1.165, 1.54) is 50.1 Å². The molecule has 0 spiro atoms. The lowest BCUT2D eigenvalue weighted by Crippen LogP contribution is -2.00. The normalized spacial score (nSPS) is 10.8. The third-order valence-corrected chi connectivity index (χ3v) is 5.56. The molecule has 0 saturated carbocycles. The predicted octanol–water partition coefficient (Wildman–Crippen LogP) is 7.61. The van der Waals surface area contributed by atoms with Crippen molar-refractivity contribution >= 4 is 0 Å². The number of benzene rings is 4. The van der Waals surface area contributed by atoms with Crippen molar-refractivity contribution in [3.8, 4) is 33.4 Å². The molecule has 0 saturated heterocycles. The summed E-state index contributed by atoms with van der Waals surface area (Å²) < 4.78 is 0. The molecule has 0 bridgehead atoms. The molecule has 0 heterocycles. The van der Waals surface area contributed by atoms with Crippen LogP contribution in [0, 0.1) is 20.8 Å². The minimum absolute atomic E-state index is 1.27. The molecule has 0 atom stereocenters. The van der Waals surface area contributed by atoms with Gasteiger partial charge >= 0.3 is 0 Å². The van der Waals surface area contributed by atoms with Crippen LogP contribution >= 0.6 is 0 Å². The van der Waals surface area contributed by atoms with E-state index in [-0.39, 0.29) is 0 Å². The molecule has 4 aromatic rings. The maximum absolute atomic E-state index is 2.26. The van der Waals surface area contributed by atoms with Gasteiger partial charge in [-0.2, -0.15) is 0 Å². The summed E-state index contributed by atoms with van der Waals surface area (Å²) in [6.45, 7) is 6.76. The fourth-order valence-corrected chi connectivity index (χ4v) is 3.98. The van der Waals surface area contributed by atoms with E-state index in [9.17, 15) is 0 Å². The molecule has 4 aromatic carbocycles. The van der Waals surface area contributed by atoms with Crippen molar-refractivity contribution in [3.63, 3.8) is 0 Å². The summed E-state index contributed by atoms with van der Waals surface area (Å²) in [5.41, 5.74) is 11.9. The van der Waals surface area contributed by atoms with Gasteiger partial charge in [-0.15, -0.1) is 0 Å². The average Bonchev–Trinajstić information content (AvgIpc) is 2.73. The molecule has 0 N–H and O–H groups in total. The van der Waals surface area contributed by atoms with Crippen molar-refractivity contribution in [2.45, 2.75) is 20.8 Å². The van der Waals surface area contributed by atoms with Gasteiger partial charge in [-0.3, -0.25) is 0 Å². The Morgan fingerprint density at radius 2 is 0.630 bits per heavy atom. The van der Waals surface area contributed by atoms with Gasteiger partial charge in [-0.05, 0) is 70.8 Å². The Hall–Kier alpha value is -3.12. The first-order valence-corrected chi connectivity index (χ1v) is 9.48. The highest BCUT2D eigenvalue weighted by atomic mass is 14.2. The van der Waals surface area contributed by atoms with Gasteiger partial charge in [0.2, 0.25) is 0 Å². The number of hydrogen-bond acceptors (Lipinski definition) is 0. The van der Waals surface area contributed by atoms with Crippen LogP contribution in [0.4, 0.5) is 0 Å². The zero-order valence-corrected chi connectivity index (χ0v) is 16.2. The second kappa shape index (κ2) is 7.25. The van der Waals surface area contributed by atoms with E-state index >= 15 is 0 Å². The molecular formula is C27H24. The topological polar surface area (TPSA) is 0 Å². The zero-order valence-electron chi connectivity index (χ0n) is 16.2. The lowest BCUT2D eigenvalue weighted by atomic mass is 9.80. The highest BCUT2D eigenvalue weighted by Crippen LogP contribution is 2.45. The van der Waals surface area contributed by atoms with Crippen molar-refractivity contribution in [2.24, 2.45) is 0 Å². The van der Waals surface area contributed by atoms with Gasteiger partial charge in [0.25, 0.3) is 0 Å². The van der Waals surface area contributed by atoms with Crippen LogP contribution in [0.25, 0.3) is 33.4 Å². The predicted molar refractivity (Wildman–Crippen MR) is 117 cm³/mol. The summed E-state index contributed by atoms with van der Waals surface area (Å²) in [4.78, 5) is 0. The van der Waals surface area contributed by atoms with Gasteiger partial charge < -0.3 is 0 Å². The smallest absolute Gasteiger partial charge is 0.00213 e. The van der Waals surface area contributed by atoms with E-state index in [1.54, 1.807) is 0 Å². The largest absolute Gasteiger partial charge is 0.0622 e. The van der Waals surface area contributed by atoms with Gasteiger partial charge in [-0.1, -0.05) is 91.0 Å². The average molecular weight is 348 g/mol. The molecule has 0 radical (unpaired) electrons. The molecule has 0 fully saturated rings. The quantitative estimate of drug-likeness (QED) is 0.357. The van der Waals surface area contributed by atoms with Gasteiger partial charge in [0, 0.05) is 0 Å². The fraction of sp³-hybridized carbons (Fsp3) is 0.111. The summed E-state index contributed by atoms with van der Waals surface area (Å²) in [5, 5.41) is 0. The summed E-state index contributed by atoms with van der Waals surface area (Å²) in [7, 11) is 0. The van der Waals surface area contributed by atoms with Crippen LogP contribution in [-0.2, 0) is 0 Å². The van der Waals surface area contributed by atoms with Crippen LogP contribution in [-0.4, -0.2) is 0 Å². The molecule has 4 rings (SSSR count). The number of hydrogen-bond donors (Lipinski definition) is 0. The molecule has 132 valence electrons. The van der Waals surface area contributed by atoms with Crippen LogP contribution in [0.3, 0.4) is 0 Å². The van der Waals surface area contributed by atoms with Gasteiger partial charge in [0.15, 0.2) is 0 Å². The second-order valence-electron chi connectivity index (χ2n) is 7.10. The molecule has 27 heavy (non-hydrogen) atoms. The standard InChI is InChI=1S/C27H24/c1-19-20(2)25(22-13-7-4-8-14-22)27(24-17-11-6-12-18-24)26(21(19)3)23-15-9-5-10-16-23/h4-18H,1-3H3. The zero-order chi connectivity index (χ0) is 18.8. The second-order valence-corrected chi connectivity index (χ2v) is 7.10. The minimum Gasteiger partial charge on any atom is -0.0622 e. The molecule has 0 aliphatic carbocycles. The van der Waals surface area contributed by atoms with Gasteiger partial charge in [0.1, 0.15) is 0 Å². The van der Waals surface area contributed by atoms with E-state index in [0.29, 0.717) is 0 Å². The summed E-state index contributed by atoms with van der Waals surface area (Å²) in [6, 6.07) is 32.3. The third kappa shape index (κ3) is 3.08. The van der Waals surface area contributed by atoms with Crippen molar-refractivity contribution in [1.29, 1.82) is 0 Å². The molecule has 0 aliphatic rings.